The first kappa shape index (κ1) is 12.5. The molecular weight excluding hydrogens is 264 g/mol. The van der Waals surface area contributed by atoms with Crippen LogP contribution in [0.2, 0.25) is 5.02 Å². The van der Waals surface area contributed by atoms with Gasteiger partial charge in [-0.15, -0.1) is 0 Å². The number of rotatable bonds is 3. The fourth-order valence-electron chi connectivity index (χ4n) is 1.78. The van der Waals surface area contributed by atoms with Crippen LogP contribution in [0.5, 0.6) is 0 Å². The van der Waals surface area contributed by atoms with E-state index in [4.69, 9.17) is 11.6 Å². The van der Waals surface area contributed by atoms with Gasteiger partial charge in [0.1, 0.15) is 17.2 Å². The van der Waals surface area contributed by atoms with E-state index in [-0.39, 0.29) is 11.7 Å². The minimum Gasteiger partial charge on any atom is -0.616 e. The van der Waals surface area contributed by atoms with Gasteiger partial charge in [0.2, 0.25) is 0 Å². The summed E-state index contributed by atoms with van der Waals surface area (Å²) < 4.78 is 11.2. The van der Waals surface area contributed by atoms with Crippen molar-refractivity contribution < 1.29 is 9.48 Å². The monoisotopic (exact) mass is 274 g/mol. The lowest BCUT2D eigenvalue weighted by atomic mass is 10.2. The van der Waals surface area contributed by atoms with Crippen molar-refractivity contribution in [3.63, 3.8) is 0 Å². The van der Waals surface area contributed by atoms with Crippen molar-refractivity contribution >= 4 is 34.2 Å². The third kappa shape index (κ3) is 3.02. The van der Waals surface area contributed by atoms with Gasteiger partial charge in [0.05, 0.1) is 11.0 Å². The van der Waals surface area contributed by atoms with E-state index in [1.807, 2.05) is 0 Å². The van der Waals surface area contributed by atoms with Crippen LogP contribution >= 0.6 is 11.6 Å². The Morgan fingerprint density at radius 1 is 1.53 bits per heavy atom. The third-order valence-corrected chi connectivity index (χ3v) is 4.30. The molecule has 1 aliphatic rings. The van der Waals surface area contributed by atoms with E-state index in [1.165, 1.54) is 6.07 Å². The van der Waals surface area contributed by atoms with Crippen LogP contribution in [0.15, 0.2) is 18.2 Å². The maximum Gasteiger partial charge on any atom is 0.293 e. The van der Waals surface area contributed by atoms with Gasteiger partial charge in [0.15, 0.2) is 0 Å². The maximum absolute atomic E-state index is 11.2. The normalized spacial score (nSPS) is 23.6. The van der Waals surface area contributed by atoms with Crippen molar-refractivity contribution in [3.05, 3.63) is 33.3 Å². The molecule has 2 atom stereocenters. The lowest BCUT2D eigenvalue weighted by molar-refractivity contribution is -0.384. The molecule has 0 radical (unpaired) electrons. The number of nitrogens with one attached hydrogen (secondary N) is 1. The van der Waals surface area contributed by atoms with E-state index in [2.05, 4.69) is 5.32 Å². The van der Waals surface area contributed by atoms with Crippen LogP contribution in [0.4, 0.5) is 11.4 Å². The Morgan fingerprint density at radius 2 is 2.29 bits per heavy atom. The van der Waals surface area contributed by atoms with Gasteiger partial charge in [0.25, 0.3) is 5.69 Å². The van der Waals surface area contributed by atoms with E-state index in [0.717, 1.165) is 6.42 Å². The van der Waals surface area contributed by atoms with Gasteiger partial charge < -0.3 is 9.87 Å². The largest absolute Gasteiger partial charge is 0.616 e. The predicted octanol–water partition coefficient (Wildman–Crippen LogP) is 2.18. The zero-order valence-corrected chi connectivity index (χ0v) is 10.5. The van der Waals surface area contributed by atoms with E-state index < -0.39 is 16.1 Å². The molecule has 0 spiro atoms. The Morgan fingerprint density at radius 3 is 2.88 bits per heavy atom. The van der Waals surface area contributed by atoms with Gasteiger partial charge in [-0.2, -0.15) is 0 Å². The molecule has 7 heteroatoms. The molecule has 2 rings (SSSR count). The van der Waals surface area contributed by atoms with Crippen molar-refractivity contribution in [1.82, 2.24) is 0 Å². The summed E-state index contributed by atoms with van der Waals surface area (Å²) in [4.78, 5) is 10.4. The van der Waals surface area contributed by atoms with Gasteiger partial charge in [-0.3, -0.25) is 10.1 Å². The molecule has 17 heavy (non-hydrogen) atoms. The Hall–Kier alpha value is -0.980. The van der Waals surface area contributed by atoms with Crippen LogP contribution in [0.3, 0.4) is 0 Å². The van der Waals surface area contributed by atoms with Gasteiger partial charge in [-0.25, -0.2) is 0 Å². The summed E-state index contributed by atoms with van der Waals surface area (Å²) in [5.74, 6) is 1.19. The van der Waals surface area contributed by atoms with Crippen molar-refractivity contribution in [3.8, 4) is 0 Å². The zero-order valence-electron chi connectivity index (χ0n) is 8.89. The number of benzene rings is 1. The maximum atomic E-state index is 11.2. The number of nitro benzene ring substituents is 1. The number of nitro groups is 1. The number of nitrogens with zero attached hydrogens (tertiary/aromatic N) is 1. The van der Waals surface area contributed by atoms with Crippen LogP contribution in [0.1, 0.15) is 6.42 Å². The van der Waals surface area contributed by atoms with Crippen LogP contribution in [0, 0.1) is 10.1 Å². The molecule has 1 fully saturated rings. The molecule has 2 unspecified atom stereocenters. The van der Waals surface area contributed by atoms with Crippen LogP contribution < -0.4 is 5.32 Å². The first-order chi connectivity index (χ1) is 8.06. The molecule has 0 saturated carbocycles. The molecule has 0 aliphatic carbocycles. The summed E-state index contributed by atoms with van der Waals surface area (Å²) in [7, 11) is 0. The smallest absolute Gasteiger partial charge is 0.293 e. The average Bonchev–Trinajstić information content (AvgIpc) is 2.66. The van der Waals surface area contributed by atoms with Crippen LogP contribution in [0.25, 0.3) is 0 Å². The van der Waals surface area contributed by atoms with Crippen LogP contribution in [-0.4, -0.2) is 27.0 Å². The second kappa shape index (κ2) is 5.12. The van der Waals surface area contributed by atoms with Gasteiger partial charge in [-0.1, -0.05) is 22.8 Å². The lowest BCUT2D eigenvalue weighted by Gasteiger charge is -2.11. The second-order valence-corrected chi connectivity index (χ2v) is 5.92. The number of hydrogen-bond acceptors (Lipinski definition) is 4. The van der Waals surface area contributed by atoms with E-state index in [9.17, 15) is 14.7 Å². The van der Waals surface area contributed by atoms with E-state index >= 15 is 0 Å². The van der Waals surface area contributed by atoms with Crippen molar-refractivity contribution in [2.75, 3.05) is 16.8 Å². The first-order valence-electron chi connectivity index (χ1n) is 5.11. The number of hydrogen-bond donors (Lipinski definition) is 1. The Bertz CT molecular complexity index is 444. The summed E-state index contributed by atoms with van der Waals surface area (Å²) in [5.41, 5.74) is 0.387. The highest BCUT2D eigenvalue weighted by atomic mass is 35.5. The minimum atomic E-state index is -0.807. The summed E-state index contributed by atoms with van der Waals surface area (Å²) in [6, 6.07) is 4.54. The quantitative estimate of drug-likeness (QED) is 0.521. The third-order valence-electron chi connectivity index (χ3n) is 2.60. The lowest BCUT2D eigenvalue weighted by Crippen LogP contribution is -2.21. The van der Waals surface area contributed by atoms with E-state index in [0.29, 0.717) is 22.2 Å². The summed E-state index contributed by atoms with van der Waals surface area (Å²) in [6.45, 7) is 0. The van der Waals surface area contributed by atoms with Crippen molar-refractivity contribution in [2.45, 2.75) is 12.5 Å². The number of anilines is 1. The summed E-state index contributed by atoms with van der Waals surface area (Å²) in [5, 5.41) is 14.2. The Balaban J connectivity index is 2.17. The topological polar surface area (TPSA) is 78.2 Å². The summed E-state index contributed by atoms with van der Waals surface area (Å²) in [6.07, 6.45) is 0.770. The Labute approximate surface area is 106 Å². The molecule has 92 valence electrons. The van der Waals surface area contributed by atoms with Crippen molar-refractivity contribution in [2.24, 2.45) is 0 Å². The summed E-state index contributed by atoms with van der Waals surface area (Å²) >= 11 is 4.91. The van der Waals surface area contributed by atoms with Crippen molar-refractivity contribution in [1.29, 1.82) is 0 Å². The highest BCUT2D eigenvalue weighted by Crippen LogP contribution is 2.29. The fourth-order valence-corrected chi connectivity index (χ4v) is 3.36. The van der Waals surface area contributed by atoms with Gasteiger partial charge in [-0.05, 0) is 12.1 Å². The number of halogens is 1. The minimum absolute atomic E-state index is 0.0377. The molecule has 1 aromatic carbocycles. The standard InChI is InChI=1S/C10H11ClN2O3S/c11-7-1-2-9(10(5-7)13(14)15)12-8-3-4-17(16)6-8/h1-2,5,8,12H,3-4,6H2. The fraction of sp³-hybridized carbons (Fsp3) is 0.400. The molecule has 5 nitrogen and oxygen atoms in total. The van der Waals surface area contributed by atoms with E-state index in [1.54, 1.807) is 12.1 Å². The molecular formula is C10H11ClN2O3S. The van der Waals surface area contributed by atoms with Gasteiger partial charge in [0, 0.05) is 17.5 Å². The molecule has 1 aliphatic heterocycles. The molecule has 0 bridgehead atoms. The SMILES string of the molecule is O=[N+]([O-])c1cc(Cl)ccc1NC1CC[S+]([O-])C1. The molecule has 1 saturated heterocycles. The zero-order chi connectivity index (χ0) is 12.4. The molecule has 0 amide bonds. The molecule has 1 N–H and O–H groups in total. The Kier molecular flexibility index (Phi) is 3.76. The van der Waals surface area contributed by atoms with Crippen LogP contribution in [-0.2, 0) is 11.2 Å². The highest BCUT2D eigenvalue weighted by molar-refractivity contribution is 7.91. The average molecular weight is 275 g/mol. The predicted molar refractivity (Wildman–Crippen MR) is 68.0 cm³/mol. The van der Waals surface area contributed by atoms with Gasteiger partial charge >= 0.3 is 0 Å². The second-order valence-electron chi connectivity index (χ2n) is 3.86. The molecule has 1 aromatic rings. The molecule has 0 aromatic heterocycles. The first-order valence-corrected chi connectivity index (χ1v) is 6.98. The highest BCUT2D eigenvalue weighted by Gasteiger charge is 2.27. The molecule has 1 heterocycles.